The normalized spacial score (nSPS) is 26.8. The monoisotopic (exact) mass is 278 g/mol. The number of methoxy groups -OCH3 is 1. The number of nitrogens with one attached hydrogen (secondary N) is 1. The molecule has 0 bridgehead atoms. The van der Waals surface area contributed by atoms with Crippen molar-refractivity contribution in [1.29, 1.82) is 0 Å². The number of pyridine rings is 1. The molecule has 2 rings (SSSR count). The fraction of sp³-hybridized carbons (Fsp3) is 0.688. The van der Waals surface area contributed by atoms with Gasteiger partial charge in [0.15, 0.2) is 0 Å². The van der Waals surface area contributed by atoms with Crippen molar-refractivity contribution in [2.45, 2.75) is 64.1 Å². The third-order valence-corrected chi connectivity index (χ3v) is 4.32. The number of ether oxygens (including phenoxy) is 1. The molecular formula is C16H26N2O2. The number of aromatic nitrogens is 1. The van der Waals surface area contributed by atoms with E-state index in [4.69, 9.17) is 4.74 Å². The molecule has 0 atom stereocenters. The first kappa shape index (κ1) is 15.1. The Morgan fingerprint density at radius 2 is 2.05 bits per heavy atom. The van der Waals surface area contributed by atoms with Crippen molar-refractivity contribution in [1.82, 2.24) is 4.57 Å². The van der Waals surface area contributed by atoms with Crippen LogP contribution in [0.5, 0.6) is 0 Å². The van der Waals surface area contributed by atoms with Gasteiger partial charge in [-0.25, -0.2) is 0 Å². The first-order chi connectivity index (χ1) is 9.45. The average molecular weight is 278 g/mol. The molecule has 0 radical (unpaired) electrons. The molecule has 1 N–H and O–H groups in total. The topological polar surface area (TPSA) is 43.3 Å². The lowest BCUT2D eigenvalue weighted by Gasteiger charge is -2.36. The Morgan fingerprint density at radius 3 is 2.60 bits per heavy atom. The van der Waals surface area contributed by atoms with Crippen LogP contribution < -0.4 is 10.9 Å². The maximum Gasteiger partial charge on any atom is 0.274 e. The van der Waals surface area contributed by atoms with Crippen LogP contribution in [0.4, 0.5) is 5.69 Å². The highest BCUT2D eigenvalue weighted by Gasteiger charge is 2.31. The van der Waals surface area contributed by atoms with Gasteiger partial charge in [0.1, 0.15) is 5.69 Å². The molecule has 1 aromatic rings. The molecule has 0 unspecified atom stereocenters. The van der Waals surface area contributed by atoms with Crippen LogP contribution in [0.15, 0.2) is 23.1 Å². The van der Waals surface area contributed by atoms with E-state index in [0.717, 1.165) is 25.7 Å². The van der Waals surface area contributed by atoms with Crippen molar-refractivity contribution >= 4 is 5.69 Å². The minimum Gasteiger partial charge on any atom is -0.379 e. The Labute approximate surface area is 121 Å². The smallest absolute Gasteiger partial charge is 0.274 e. The molecule has 4 nitrogen and oxygen atoms in total. The summed E-state index contributed by atoms with van der Waals surface area (Å²) in [6.45, 7) is 6.24. The van der Waals surface area contributed by atoms with Crippen LogP contribution in [0.2, 0.25) is 0 Å². The Morgan fingerprint density at radius 1 is 1.40 bits per heavy atom. The van der Waals surface area contributed by atoms with Crippen LogP contribution in [0.25, 0.3) is 0 Å². The molecule has 0 amide bonds. The largest absolute Gasteiger partial charge is 0.379 e. The van der Waals surface area contributed by atoms with Gasteiger partial charge >= 0.3 is 0 Å². The second kappa shape index (κ2) is 6.00. The van der Waals surface area contributed by atoms with Crippen molar-refractivity contribution in [3.63, 3.8) is 0 Å². The van der Waals surface area contributed by atoms with E-state index in [-0.39, 0.29) is 17.2 Å². The third kappa shape index (κ3) is 3.23. The Balaban J connectivity index is 2.16. The van der Waals surface area contributed by atoms with Gasteiger partial charge in [-0.1, -0.05) is 0 Å². The highest BCUT2D eigenvalue weighted by atomic mass is 16.5. The van der Waals surface area contributed by atoms with Crippen LogP contribution in [-0.4, -0.2) is 23.3 Å². The highest BCUT2D eigenvalue weighted by Crippen LogP contribution is 2.36. The fourth-order valence-corrected chi connectivity index (χ4v) is 2.91. The lowest BCUT2D eigenvalue weighted by molar-refractivity contribution is -0.0324. The molecule has 1 aliphatic carbocycles. The van der Waals surface area contributed by atoms with Gasteiger partial charge in [-0.05, 0) is 58.6 Å². The molecule has 112 valence electrons. The van der Waals surface area contributed by atoms with Crippen molar-refractivity contribution in [2.24, 2.45) is 0 Å². The van der Waals surface area contributed by atoms with E-state index in [0.29, 0.717) is 11.7 Å². The average Bonchev–Trinajstić information content (AvgIpc) is 2.42. The van der Waals surface area contributed by atoms with Gasteiger partial charge in [0.2, 0.25) is 0 Å². The van der Waals surface area contributed by atoms with E-state index in [9.17, 15) is 4.79 Å². The van der Waals surface area contributed by atoms with Crippen molar-refractivity contribution in [2.75, 3.05) is 12.4 Å². The summed E-state index contributed by atoms with van der Waals surface area (Å²) < 4.78 is 7.46. The molecule has 20 heavy (non-hydrogen) atoms. The van der Waals surface area contributed by atoms with Gasteiger partial charge < -0.3 is 14.6 Å². The highest BCUT2D eigenvalue weighted by molar-refractivity contribution is 5.41. The molecule has 0 aromatic carbocycles. The Kier molecular flexibility index (Phi) is 4.53. The standard InChI is InChI=1S/C16H26N2O2/c1-12(2)17-14-6-5-11-18(15(14)19)13-7-9-16(3,20-4)10-8-13/h5-6,11-13,17H,7-10H2,1-4H3/t13-,16+. The first-order valence-electron chi connectivity index (χ1n) is 7.48. The zero-order chi connectivity index (χ0) is 14.8. The Bertz CT molecular complexity index is 499. The van der Waals surface area contributed by atoms with E-state index in [1.54, 1.807) is 7.11 Å². The van der Waals surface area contributed by atoms with Gasteiger partial charge in [-0.15, -0.1) is 0 Å². The number of hydrogen-bond acceptors (Lipinski definition) is 3. The van der Waals surface area contributed by atoms with E-state index < -0.39 is 0 Å². The summed E-state index contributed by atoms with van der Waals surface area (Å²) in [6, 6.07) is 4.37. The zero-order valence-electron chi connectivity index (χ0n) is 13.0. The number of nitrogens with zero attached hydrogens (tertiary/aromatic N) is 1. The summed E-state index contributed by atoms with van der Waals surface area (Å²) in [5, 5.41) is 3.22. The minimum atomic E-state index is -0.0199. The quantitative estimate of drug-likeness (QED) is 0.920. The summed E-state index contributed by atoms with van der Waals surface area (Å²) in [5.74, 6) is 0. The lowest BCUT2D eigenvalue weighted by atomic mass is 9.83. The van der Waals surface area contributed by atoms with Crippen molar-refractivity contribution < 1.29 is 4.74 Å². The van der Waals surface area contributed by atoms with Crippen molar-refractivity contribution in [3.8, 4) is 0 Å². The predicted octanol–water partition coefficient (Wildman–Crippen LogP) is 3.19. The van der Waals surface area contributed by atoms with Crippen LogP contribution in [-0.2, 0) is 4.74 Å². The molecule has 1 saturated carbocycles. The van der Waals surface area contributed by atoms with Gasteiger partial charge in [-0.2, -0.15) is 0 Å². The second-order valence-corrected chi connectivity index (χ2v) is 6.32. The SMILES string of the molecule is CO[C@]1(C)CC[C@H](n2cccc(NC(C)C)c2=O)CC1. The van der Waals surface area contributed by atoms with Gasteiger partial charge in [0.05, 0.1) is 5.60 Å². The van der Waals surface area contributed by atoms with E-state index in [1.165, 1.54) is 0 Å². The molecular weight excluding hydrogens is 252 g/mol. The molecule has 1 aliphatic rings. The minimum absolute atomic E-state index is 0.0199. The summed E-state index contributed by atoms with van der Waals surface area (Å²) in [7, 11) is 1.78. The zero-order valence-corrected chi connectivity index (χ0v) is 13.0. The van der Waals surface area contributed by atoms with E-state index in [2.05, 4.69) is 12.2 Å². The molecule has 1 fully saturated rings. The number of anilines is 1. The Hall–Kier alpha value is -1.29. The van der Waals surface area contributed by atoms with Crippen molar-refractivity contribution in [3.05, 3.63) is 28.7 Å². The van der Waals surface area contributed by atoms with Gasteiger partial charge in [0.25, 0.3) is 5.56 Å². The maximum absolute atomic E-state index is 12.5. The second-order valence-electron chi connectivity index (χ2n) is 6.32. The fourth-order valence-electron chi connectivity index (χ4n) is 2.91. The molecule has 0 aliphatic heterocycles. The summed E-state index contributed by atoms with van der Waals surface area (Å²) in [4.78, 5) is 12.5. The third-order valence-electron chi connectivity index (χ3n) is 4.32. The lowest BCUT2D eigenvalue weighted by Crippen LogP contribution is -2.36. The van der Waals surface area contributed by atoms with Crippen LogP contribution in [0.1, 0.15) is 52.5 Å². The molecule has 0 spiro atoms. The molecule has 1 heterocycles. The van der Waals surface area contributed by atoms with Gasteiger partial charge in [0, 0.05) is 25.4 Å². The molecule has 4 heteroatoms. The maximum atomic E-state index is 12.5. The van der Waals surface area contributed by atoms with E-state index >= 15 is 0 Å². The molecule has 1 aromatic heterocycles. The van der Waals surface area contributed by atoms with Crippen LogP contribution in [0, 0.1) is 0 Å². The summed E-state index contributed by atoms with van der Waals surface area (Å²) in [6.07, 6.45) is 5.91. The van der Waals surface area contributed by atoms with Crippen LogP contribution >= 0.6 is 0 Å². The molecule has 0 saturated heterocycles. The number of rotatable bonds is 4. The first-order valence-corrected chi connectivity index (χ1v) is 7.48. The summed E-state index contributed by atoms with van der Waals surface area (Å²) >= 11 is 0. The predicted molar refractivity (Wildman–Crippen MR) is 82.4 cm³/mol. The van der Waals surface area contributed by atoms with E-state index in [1.807, 2.05) is 36.7 Å². The number of hydrogen-bond donors (Lipinski definition) is 1. The van der Waals surface area contributed by atoms with Gasteiger partial charge in [-0.3, -0.25) is 4.79 Å². The van der Waals surface area contributed by atoms with Crippen LogP contribution in [0.3, 0.4) is 0 Å². The summed E-state index contributed by atoms with van der Waals surface area (Å²) in [5.41, 5.74) is 0.767.